The number of esters is 2. The Labute approximate surface area is 113 Å². The Morgan fingerprint density at radius 3 is 2.21 bits per heavy atom. The van der Waals surface area contributed by atoms with Gasteiger partial charge in [0.05, 0.1) is 25.9 Å². The minimum atomic E-state index is -1.11. The van der Waals surface area contributed by atoms with E-state index in [2.05, 4.69) is 0 Å². The van der Waals surface area contributed by atoms with Crippen molar-refractivity contribution in [1.82, 2.24) is 0 Å². The van der Waals surface area contributed by atoms with Gasteiger partial charge in [-0.15, -0.1) is 0 Å². The van der Waals surface area contributed by atoms with Crippen LogP contribution in [-0.4, -0.2) is 37.9 Å². The molecule has 1 aliphatic carbocycles. The molecule has 0 aromatic carbocycles. The summed E-state index contributed by atoms with van der Waals surface area (Å²) in [4.78, 5) is 24.5. The molecule has 0 radical (unpaired) electrons. The molecule has 0 unspecified atom stereocenters. The van der Waals surface area contributed by atoms with E-state index in [1.54, 1.807) is 13.8 Å². The molecule has 0 aromatic heterocycles. The van der Waals surface area contributed by atoms with Crippen LogP contribution in [0.1, 0.15) is 33.6 Å². The summed E-state index contributed by atoms with van der Waals surface area (Å²) in [6, 6.07) is 0. The standard InChI is InChI=1S/C14H22O5/c1-4-17-12(15)14(13(16)18-5-2)6-10-8-19-9(3)11(10)7-14/h9-11H,4-8H2,1-3H3/t9-,10+,11-/m1/s1. The van der Waals surface area contributed by atoms with Crippen LogP contribution in [0.3, 0.4) is 0 Å². The first kappa shape index (κ1) is 14.3. The van der Waals surface area contributed by atoms with E-state index in [9.17, 15) is 9.59 Å². The molecule has 108 valence electrons. The maximum atomic E-state index is 12.3. The van der Waals surface area contributed by atoms with E-state index >= 15 is 0 Å². The van der Waals surface area contributed by atoms with Gasteiger partial charge in [0.1, 0.15) is 0 Å². The number of hydrogen-bond donors (Lipinski definition) is 0. The third-order valence-corrected chi connectivity index (χ3v) is 4.31. The summed E-state index contributed by atoms with van der Waals surface area (Å²) in [7, 11) is 0. The highest BCUT2D eigenvalue weighted by atomic mass is 16.6. The molecule has 5 heteroatoms. The average molecular weight is 270 g/mol. The zero-order valence-electron chi connectivity index (χ0n) is 11.8. The minimum Gasteiger partial charge on any atom is -0.465 e. The topological polar surface area (TPSA) is 61.8 Å². The number of fused-ring (bicyclic) bond motifs is 1. The van der Waals surface area contributed by atoms with Gasteiger partial charge in [-0.1, -0.05) is 0 Å². The highest BCUT2D eigenvalue weighted by molar-refractivity contribution is 6.00. The van der Waals surface area contributed by atoms with Gasteiger partial charge in [0, 0.05) is 0 Å². The molecule has 1 heterocycles. The number of rotatable bonds is 4. The van der Waals surface area contributed by atoms with Crippen molar-refractivity contribution in [2.45, 2.75) is 39.7 Å². The fourth-order valence-corrected chi connectivity index (χ4v) is 3.34. The summed E-state index contributed by atoms with van der Waals surface area (Å²) in [5.41, 5.74) is -1.11. The second kappa shape index (κ2) is 5.49. The number of hydrogen-bond acceptors (Lipinski definition) is 5. The minimum absolute atomic E-state index is 0.0933. The van der Waals surface area contributed by atoms with Crippen LogP contribution >= 0.6 is 0 Å². The normalized spacial score (nSPS) is 31.8. The van der Waals surface area contributed by atoms with E-state index in [0.717, 1.165) is 0 Å². The Bertz CT molecular complexity index is 347. The largest absolute Gasteiger partial charge is 0.465 e. The van der Waals surface area contributed by atoms with Crippen LogP contribution in [0.4, 0.5) is 0 Å². The molecule has 2 aliphatic rings. The molecule has 1 saturated heterocycles. The molecule has 0 aromatic rings. The predicted molar refractivity (Wildman–Crippen MR) is 67.3 cm³/mol. The van der Waals surface area contributed by atoms with Crippen LogP contribution in [0.2, 0.25) is 0 Å². The smallest absolute Gasteiger partial charge is 0.323 e. The van der Waals surface area contributed by atoms with Crippen molar-refractivity contribution in [2.24, 2.45) is 17.3 Å². The maximum absolute atomic E-state index is 12.3. The Hall–Kier alpha value is -1.10. The highest BCUT2D eigenvalue weighted by Gasteiger charge is 2.60. The summed E-state index contributed by atoms with van der Waals surface area (Å²) in [5.74, 6) is -0.372. The molecule has 3 atom stereocenters. The lowest BCUT2D eigenvalue weighted by molar-refractivity contribution is -0.172. The Morgan fingerprint density at radius 2 is 1.74 bits per heavy atom. The number of carbonyl (C=O) groups excluding carboxylic acids is 2. The fourth-order valence-electron chi connectivity index (χ4n) is 3.34. The van der Waals surface area contributed by atoms with Crippen LogP contribution in [0.25, 0.3) is 0 Å². The first-order valence-electron chi connectivity index (χ1n) is 7.01. The predicted octanol–water partition coefficient (Wildman–Crippen LogP) is 1.54. The lowest BCUT2D eigenvalue weighted by atomic mass is 9.84. The molecule has 19 heavy (non-hydrogen) atoms. The van der Waals surface area contributed by atoms with Crippen molar-refractivity contribution < 1.29 is 23.8 Å². The van der Waals surface area contributed by atoms with Crippen molar-refractivity contribution in [3.63, 3.8) is 0 Å². The van der Waals surface area contributed by atoms with Crippen LogP contribution < -0.4 is 0 Å². The lowest BCUT2D eigenvalue weighted by Crippen LogP contribution is -2.41. The van der Waals surface area contributed by atoms with Gasteiger partial charge in [0.2, 0.25) is 0 Å². The Morgan fingerprint density at radius 1 is 1.16 bits per heavy atom. The molecule has 2 fully saturated rings. The second-order valence-corrected chi connectivity index (χ2v) is 5.39. The summed E-state index contributed by atoms with van der Waals surface area (Å²) in [5, 5.41) is 0. The van der Waals surface area contributed by atoms with Crippen LogP contribution in [0.5, 0.6) is 0 Å². The van der Waals surface area contributed by atoms with Crippen molar-refractivity contribution >= 4 is 11.9 Å². The first-order chi connectivity index (χ1) is 9.05. The molecule has 0 amide bonds. The third-order valence-electron chi connectivity index (χ3n) is 4.31. The van der Waals surface area contributed by atoms with Gasteiger partial charge in [0.15, 0.2) is 5.41 Å². The maximum Gasteiger partial charge on any atom is 0.323 e. The summed E-state index contributed by atoms with van der Waals surface area (Å²) in [6.45, 7) is 6.67. The quantitative estimate of drug-likeness (QED) is 0.573. The molecular weight excluding hydrogens is 248 g/mol. The SMILES string of the molecule is CCOC(=O)C1(C(=O)OCC)C[C@H]2CO[C@H](C)[C@H]2C1. The monoisotopic (exact) mass is 270 g/mol. The lowest BCUT2D eigenvalue weighted by Gasteiger charge is -2.25. The van der Waals surface area contributed by atoms with Gasteiger partial charge in [-0.05, 0) is 45.4 Å². The van der Waals surface area contributed by atoms with E-state index in [0.29, 0.717) is 19.4 Å². The summed E-state index contributed by atoms with van der Waals surface area (Å²) >= 11 is 0. The molecular formula is C14H22O5. The summed E-state index contributed by atoms with van der Waals surface area (Å²) in [6.07, 6.45) is 1.06. The van der Waals surface area contributed by atoms with Gasteiger partial charge in [-0.3, -0.25) is 9.59 Å². The number of carbonyl (C=O) groups is 2. The molecule has 5 nitrogen and oxygen atoms in total. The molecule has 1 aliphatic heterocycles. The van der Waals surface area contributed by atoms with Gasteiger partial charge in [-0.2, -0.15) is 0 Å². The summed E-state index contributed by atoms with van der Waals surface area (Å²) < 4.78 is 15.8. The molecule has 2 rings (SSSR count). The Kier molecular flexibility index (Phi) is 4.13. The van der Waals surface area contributed by atoms with E-state index in [1.807, 2.05) is 6.92 Å². The van der Waals surface area contributed by atoms with Gasteiger partial charge >= 0.3 is 11.9 Å². The second-order valence-electron chi connectivity index (χ2n) is 5.39. The van der Waals surface area contributed by atoms with Gasteiger partial charge in [0.25, 0.3) is 0 Å². The number of ether oxygens (including phenoxy) is 3. The van der Waals surface area contributed by atoms with E-state index in [1.165, 1.54) is 0 Å². The van der Waals surface area contributed by atoms with Crippen LogP contribution in [0.15, 0.2) is 0 Å². The van der Waals surface area contributed by atoms with Crippen molar-refractivity contribution in [3.8, 4) is 0 Å². The van der Waals surface area contributed by atoms with Crippen molar-refractivity contribution in [1.29, 1.82) is 0 Å². The van der Waals surface area contributed by atoms with Crippen LogP contribution in [-0.2, 0) is 23.8 Å². The molecule has 0 N–H and O–H groups in total. The zero-order valence-corrected chi connectivity index (χ0v) is 11.8. The van der Waals surface area contributed by atoms with Crippen LogP contribution in [0, 0.1) is 17.3 Å². The van der Waals surface area contributed by atoms with E-state index < -0.39 is 17.4 Å². The van der Waals surface area contributed by atoms with E-state index in [-0.39, 0.29) is 31.2 Å². The molecule has 1 saturated carbocycles. The Balaban J connectivity index is 2.22. The van der Waals surface area contributed by atoms with Crippen molar-refractivity contribution in [3.05, 3.63) is 0 Å². The average Bonchev–Trinajstić information content (AvgIpc) is 2.91. The molecule has 0 spiro atoms. The first-order valence-corrected chi connectivity index (χ1v) is 7.01. The zero-order chi connectivity index (χ0) is 14.0. The molecule has 0 bridgehead atoms. The third kappa shape index (κ3) is 2.36. The van der Waals surface area contributed by atoms with E-state index in [4.69, 9.17) is 14.2 Å². The fraction of sp³-hybridized carbons (Fsp3) is 0.857. The van der Waals surface area contributed by atoms with Crippen molar-refractivity contribution in [2.75, 3.05) is 19.8 Å². The van der Waals surface area contributed by atoms with Gasteiger partial charge < -0.3 is 14.2 Å². The van der Waals surface area contributed by atoms with Gasteiger partial charge in [-0.25, -0.2) is 0 Å². The highest BCUT2D eigenvalue weighted by Crippen LogP contribution is 2.52.